The average Bonchev–Trinajstić information content (AvgIpc) is 2.43. The van der Waals surface area contributed by atoms with E-state index in [0.29, 0.717) is 17.7 Å². The van der Waals surface area contributed by atoms with Gasteiger partial charge < -0.3 is 10.4 Å². The van der Waals surface area contributed by atoms with E-state index in [-0.39, 0.29) is 0 Å². The van der Waals surface area contributed by atoms with Crippen molar-refractivity contribution in [3.8, 4) is 5.75 Å². The van der Waals surface area contributed by atoms with Crippen molar-refractivity contribution in [2.75, 3.05) is 26.2 Å². The van der Waals surface area contributed by atoms with E-state index < -0.39 is 0 Å². The minimum absolute atomic E-state index is 0.373. The zero-order chi connectivity index (χ0) is 15.0. The maximum absolute atomic E-state index is 10.6. The Morgan fingerprint density at radius 3 is 2.52 bits per heavy atom. The maximum Gasteiger partial charge on any atom is 0.120 e. The van der Waals surface area contributed by atoms with Crippen molar-refractivity contribution in [1.29, 1.82) is 0 Å². The van der Waals surface area contributed by atoms with Gasteiger partial charge >= 0.3 is 0 Å². The van der Waals surface area contributed by atoms with E-state index in [1.165, 1.54) is 24.8 Å². The number of rotatable bonds is 3. The molecule has 116 valence electrons. The smallest absolute Gasteiger partial charge is 0.120 e. The van der Waals surface area contributed by atoms with Gasteiger partial charge in [-0.15, -0.1) is 0 Å². The molecule has 0 bridgehead atoms. The SMILES string of the molecule is Cc1cc(O)c([C@@H](C2CCC2)N2CCNCC2)c(C)c1Br. The lowest BCUT2D eigenvalue weighted by Gasteiger charge is -2.44. The number of phenolic OH excluding ortho intramolecular Hbond substituents is 1. The standard InChI is InChI=1S/C17H25BrN2O/c1-11-10-14(21)15(12(2)16(11)18)17(13-4-3-5-13)20-8-6-19-7-9-20/h10,13,17,19,21H,3-9H2,1-2H3/t17-/m1/s1. The van der Waals surface area contributed by atoms with Gasteiger partial charge in [0.2, 0.25) is 0 Å². The summed E-state index contributed by atoms with van der Waals surface area (Å²) in [4.78, 5) is 2.57. The number of halogens is 1. The molecule has 3 rings (SSSR count). The summed E-state index contributed by atoms with van der Waals surface area (Å²) in [5.41, 5.74) is 3.48. The van der Waals surface area contributed by atoms with Gasteiger partial charge in [0, 0.05) is 42.3 Å². The molecule has 0 aromatic heterocycles. The molecule has 0 radical (unpaired) electrons. The third-order valence-corrected chi connectivity index (χ3v) is 6.37. The van der Waals surface area contributed by atoms with E-state index >= 15 is 0 Å². The highest BCUT2D eigenvalue weighted by molar-refractivity contribution is 9.10. The second-order valence-corrected chi connectivity index (χ2v) is 7.28. The Bertz CT molecular complexity index is 522. The molecular formula is C17H25BrN2O. The van der Waals surface area contributed by atoms with E-state index in [4.69, 9.17) is 0 Å². The fraction of sp³-hybridized carbons (Fsp3) is 0.647. The Morgan fingerprint density at radius 2 is 1.95 bits per heavy atom. The monoisotopic (exact) mass is 352 g/mol. The number of hydrogen-bond acceptors (Lipinski definition) is 3. The fourth-order valence-corrected chi connectivity index (χ4v) is 4.09. The Hall–Kier alpha value is -0.580. The summed E-state index contributed by atoms with van der Waals surface area (Å²) in [6, 6.07) is 2.29. The number of nitrogens with zero attached hydrogens (tertiary/aromatic N) is 1. The zero-order valence-corrected chi connectivity index (χ0v) is 14.5. The molecule has 1 aliphatic heterocycles. The Balaban J connectivity index is 2.01. The van der Waals surface area contributed by atoms with Gasteiger partial charge in [0.15, 0.2) is 0 Å². The lowest BCUT2D eigenvalue weighted by atomic mass is 9.75. The molecule has 0 spiro atoms. The van der Waals surface area contributed by atoms with Crippen molar-refractivity contribution in [2.45, 2.75) is 39.2 Å². The molecule has 0 unspecified atom stereocenters. The van der Waals surface area contributed by atoms with Crippen LogP contribution >= 0.6 is 15.9 Å². The average molecular weight is 353 g/mol. The second-order valence-electron chi connectivity index (χ2n) is 6.49. The summed E-state index contributed by atoms with van der Waals surface area (Å²) >= 11 is 3.70. The molecule has 21 heavy (non-hydrogen) atoms. The van der Waals surface area contributed by atoms with Crippen molar-refractivity contribution in [3.63, 3.8) is 0 Å². The molecule has 1 heterocycles. The van der Waals surface area contributed by atoms with Crippen LogP contribution in [0, 0.1) is 19.8 Å². The first kappa shape index (κ1) is 15.3. The Labute approximate surface area is 135 Å². The van der Waals surface area contributed by atoms with Crippen molar-refractivity contribution in [2.24, 2.45) is 5.92 Å². The molecule has 1 aromatic carbocycles. The molecular weight excluding hydrogens is 328 g/mol. The molecule has 1 saturated heterocycles. The van der Waals surface area contributed by atoms with Crippen LogP contribution in [0.3, 0.4) is 0 Å². The van der Waals surface area contributed by atoms with Crippen LogP contribution in [0.2, 0.25) is 0 Å². The molecule has 2 aliphatic rings. The van der Waals surface area contributed by atoms with Crippen LogP contribution in [-0.2, 0) is 0 Å². The van der Waals surface area contributed by atoms with Crippen LogP contribution in [0.5, 0.6) is 5.75 Å². The van der Waals surface area contributed by atoms with E-state index in [0.717, 1.165) is 41.8 Å². The zero-order valence-electron chi connectivity index (χ0n) is 13.0. The van der Waals surface area contributed by atoms with Gasteiger partial charge in [0.05, 0.1) is 0 Å². The van der Waals surface area contributed by atoms with Gasteiger partial charge in [0.1, 0.15) is 5.75 Å². The third-order valence-electron chi connectivity index (χ3n) is 5.15. The van der Waals surface area contributed by atoms with E-state index in [2.05, 4.69) is 33.1 Å². The van der Waals surface area contributed by atoms with Crippen molar-refractivity contribution < 1.29 is 5.11 Å². The van der Waals surface area contributed by atoms with Crippen LogP contribution < -0.4 is 5.32 Å². The fourth-order valence-electron chi connectivity index (χ4n) is 3.76. The predicted molar refractivity (Wildman–Crippen MR) is 89.8 cm³/mol. The second kappa shape index (κ2) is 6.27. The highest BCUT2D eigenvalue weighted by atomic mass is 79.9. The van der Waals surface area contributed by atoms with Crippen LogP contribution in [0.15, 0.2) is 10.5 Å². The van der Waals surface area contributed by atoms with Gasteiger partial charge in [-0.05, 0) is 49.8 Å². The number of aryl methyl sites for hydroxylation is 1. The first-order valence-electron chi connectivity index (χ1n) is 8.03. The summed E-state index contributed by atoms with van der Waals surface area (Å²) in [5.74, 6) is 1.17. The van der Waals surface area contributed by atoms with Crippen molar-refractivity contribution in [3.05, 3.63) is 27.2 Å². The molecule has 2 fully saturated rings. The van der Waals surface area contributed by atoms with E-state index in [9.17, 15) is 5.11 Å². The molecule has 4 heteroatoms. The van der Waals surface area contributed by atoms with Crippen LogP contribution in [0.1, 0.15) is 42.0 Å². The van der Waals surface area contributed by atoms with Crippen LogP contribution in [0.4, 0.5) is 0 Å². The number of hydrogen-bond donors (Lipinski definition) is 2. The van der Waals surface area contributed by atoms with Gasteiger partial charge in [-0.25, -0.2) is 0 Å². The molecule has 3 nitrogen and oxygen atoms in total. The van der Waals surface area contributed by atoms with Crippen molar-refractivity contribution in [1.82, 2.24) is 10.2 Å². The normalized spacial score (nSPS) is 22.0. The predicted octanol–water partition coefficient (Wildman–Crippen LogP) is 3.52. The summed E-state index contributed by atoms with van der Waals surface area (Å²) in [7, 11) is 0. The number of aromatic hydroxyl groups is 1. The molecule has 2 N–H and O–H groups in total. The topological polar surface area (TPSA) is 35.5 Å². The van der Waals surface area contributed by atoms with Crippen molar-refractivity contribution >= 4 is 15.9 Å². The first-order chi connectivity index (χ1) is 10.1. The minimum atomic E-state index is 0.373. The maximum atomic E-state index is 10.6. The quantitative estimate of drug-likeness (QED) is 0.873. The first-order valence-corrected chi connectivity index (χ1v) is 8.82. The van der Waals surface area contributed by atoms with Gasteiger partial charge in [-0.2, -0.15) is 0 Å². The molecule has 1 aliphatic carbocycles. The minimum Gasteiger partial charge on any atom is -0.508 e. The number of benzene rings is 1. The lowest BCUT2D eigenvalue weighted by Crippen LogP contribution is -2.48. The van der Waals surface area contributed by atoms with E-state index in [1.54, 1.807) is 0 Å². The summed E-state index contributed by atoms with van der Waals surface area (Å²) in [5, 5.41) is 14.0. The summed E-state index contributed by atoms with van der Waals surface area (Å²) in [6.45, 7) is 8.44. The van der Waals surface area contributed by atoms with Gasteiger partial charge in [-0.3, -0.25) is 4.90 Å². The van der Waals surface area contributed by atoms with Crippen LogP contribution in [-0.4, -0.2) is 36.2 Å². The number of phenols is 1. The number of piperazine rings is 1. The lowest BCUT2D eigenvalue weighted by molar-refractivity contribution is 0.0814. The summed E-state index contributed by atoms with van der Waals surface area (Å²) < 4.78 is 1.15. The largest absolute Gasteiger partial charge is 0.508 e. The molecule has 1 atom stereocenters. The Morgan fingerprint density at radius 1 is 1.29 bits per heavy atom. The molecule has 1 saturated carbocycles. The number of nitrogens with one attached hydrogen (secondary N) is 1. The van der Waals surface area contributed by atoms with Gasteiger partial charge in [0.25, 0.3) is 0 Å². The molecule has 0 amide bonds. The highest BCUT2D eigenvalue weighted by Gasteiger charge is 2.36. The third kappa shape index (κ3) is 2.86. The van der Waals surface area contributed by atoms with Gasteiger partial charge in [-0.1, -0.05) is 22.4 Å². The van der Waals surface area contributed by atoms with Crippen LogP contribution in [0.25, 0.3) is 0 Å². The molecule has 1 aromatic rings. The summed E-state index contributed by atoms with van der Waals surface area (Å²) in [6.07, 6.45) is 3.91. The van der Waals surface area contributed by atoms with E-state index in [1.807, 2.05) is 13.0 Å². The highest BCUT2D eigenvalue weighted by Crippen LogP contribution is 2.47. The Kier molecular flexibility index (Phi) is 4.57.